The van der Waals surface area contributed by atoms with Gasteiger partial charge in [-0.05, 0) is 24.3 Å². The number of halogens is 1. The molecule has 0 saturated heterocycles. The van der Waals surface area contributed by atoms with Crippen molar-refractivity contribution in [2.24, 2.45) is 0 Å². The summed E-state index contributed by atoms with van der Waals surface area (Å²) in [5, 5.41) is 10.1. The molecule has 0 fully saturated rings. The Bertz CT molecular complexity index is 821. The number of aromatic carboxylic acids is 1. The predicted molar refractivity (Wildman–Crippen MR) is 75.8 cm³/mol. The first-order valence-electron chi connectivity index (χ1n) is 5.91. The largest absolute Gasteiger partial charge is 0.478 e. The van der Waals surface area contributed by atoms with E-state index in [0.29, 0.717) is 16.3 Å². The summed E-state index contributed by atoms with van der Waals surface area (Å²) in [4.78, 5) is 22.7. The maximum absolute atomic E-state index is 10.7. The van der Waals surface area contributed by atoms with E-state index in [9.17, 15) is 4.79 Å². The maximum Gasteiger partial charge on any atom is 0.338 e. The highest BCUT2D eigenvalue weighted by Gasteiger charge is 2.10. The molecule has 0 aliphatic carbocycles. The summed E-state index contributed by atoms with van der Waals surface area (Å²) in [5.41, 5.74) is 0.567. The number of benzene rings is 1. The summed E-state index contributed by atoms with van der Waals surface area (Å²) in [7, 11) is 0. The van der Waals surface area contributed by atoms with Crippen LogP contribution >= 0.6 is 11.6 Å². The number of carboxylic acids is 1. The highest BCUT2D eigenvalue weighted by molar-refractivity contribution is 6.35. The summed E-state index contributed by atoms with van der Waals surface area (Å²) in [6, 6.07) is 6.98. The summed E-state index contributed by atoms with van der Waals surface area (Å²) in [6.07, 6.45) is 3.98. The summed E-state index contributed by atoms with van der Waals surface area (Å²) >= 11 is 6.10. The van der Waals surface area contributed by atoms with Crippen molar-refractivity contribution in [3.63, 3.8) is 0 Å². The number of carbonyl (C=O) groups is 1. The van der Waals surface area contributed by atoms with Gasteiger partial charge in [0.2, 0.25) is 0 Å². The van der Waals surface area contributed by atoms with Crippen molar-refractivity contribution in [3.8, 4) is 11.8 Å². The van der Waals surface area contributed by atoms with Gasteiger partial charge in [-0.1, -0.05) is 11.6 Å². The van der Waals surface area contributed by atoms with E-state index in [4.69, 9.17) is 21.4 Å². The van der Waals surface area contributed by atoms with E-state index in [2.05, 4.69) is 15.0 Å². The number of fused-ring (bicyclic) bond motifs is 1. The lowest BCUT2D eigenvalue weighted by Gasteiger charge is -2.07. The fourth-order valence-corrected chi connectivity index (χ4v) is 1.99. The van der Waals surface area contributed by atoms with Gasteiger partial charge in [0.15, 0.2) is 5.75 Å². The fourth-order valence-electron chi connectivity index (χ4n) is 1.77. The first-order chi connectivity index (χ1) is 10.1. The standard InChI is InChI=1S/C14H8ClN3O3/c15-10-3-4-11(12-9(10)2-1-5-16-12)21-14-17-6-8(7-18-14)13(19)20/h1-7H,(H,19,20). The number of pyridine rings is 1. The molecule has 0 aliphatic rings. The zero-order valence-corrected chi connectivity index (χ0v) is 11.3. The quantitative estimate of drug-likeness (QED) is 0.799. The second-order valence-electron chi connectivity index (χ2n) is 4.11. The van der Waals surface area contributed by atoms with Crippen molar-refractivity contribution >= 4 is 28.5 Å². The topological polar surface area (TPSA) is 85.2 Å². The minimum atomic E-state index is -1.10. The first kappa shape index (κ1) is 13.3. The molecular formula is C14H8ClN3O3. The molecule has 0 spiro atoms. The Morgan fingerprint density at radius 3 is 2.62 bits per heavy atom. The molecule has 0 unspecified atom stereocenters. The lowest BCUT2D eigenvalue weighted by atomic mass is 10.2. The van der Waals surface area contributed by atoms with Crippen molar-refractivity contribution < 1.29 is 14.6 Å². The molecule has 0 radical (unpaired) electrons. The van der Waals surface area contributed by atoms with Crippen LogP contribution in [0.4, 0.5) is 0 Å². The van der Waals surface area contributed by atoms with Gasteiger partial charge in [0.25, 0.3) is 0 Å². The van der Waals surface area contributed by atoms with Crippen molar-refractivity contribution in [1.82, 2.24) is 15.0 Å². The number of hydrogen-bond acceptors (Lipinski definition) is 5. The lowest BCUT2D eigenvalue weighted by Crippen LogP contribution is -2.00. The van der Waals surface area contributed by atoms with Crippen LogP contribution in [0.3, 0.4) is 0 Å². The third kappa shape index (κ3) is 2.61. The molecule has 104 valence electrons. The van der Waals surface area contributed by atoms with Gasteiger partial charge in [0, 0.05) is 24.0 Å². The Hall–Kier alpha value is -2.73. The van der Waals surface area contributed by atoms with E-state index in [1.165, 1.54) is 12.4 Å². The van der Waals surface area contributed by atoms with Gasteiger partial charge in [-0.2, -0.15) is 0 Å². The third-order valence-corrected chi connectivity index (χ3v) is 3.09. The van der Waals surface area contributed by atoms with Crippen molar-refractivity contribution in [2.45, 2.75) is 0 Å². The molecule has 3 aromatic rings. The van der Waals surface area contributed by atoms with Gasteiger partial charge in [0.1, 0.15) is 5.52 Å². The molecule has 1 N–H and O–H groups in total. The van der Waals surface area contributed by atoms with Gasteiger partial charge >= 0.3 is 12.0 Å². The summed E-state index contributed by atoms with van der Waals surface area (Å²) in [5.74, 6) is -0.654. The predicted octanol–water partition coefficient (Wildman–Crippen LogP) is 3.17. The van der Waals surface area contributed by atoms with Crippen LogP contribution in [0.25, 0.3) is 10.9 Å². The molecule has 0 bridgehead atoms. The molecule has 21 heavy (non-hydrogen) atoms. The number of aromatic nitrogens is 3. The molecule has 0 aliphatic heterocycles. The van der Waals surface area contributed by atoms with E-state index in [1.54, 1.807) is 24.4 Å². The molecule has 0 amide bonds. The zero-order valence-electron chi connectivity index (χ0n) is 10.5. The minimum absolute atomic E-state index is 0.0126. The smallest absolute Gasteiger partial charge is 0.338 e. The van der Waals surface area contributed by atoms with Crippen LogP contribution in [0.1, 0.15) is 10.4 Å². The molecule has 2 heterocycles. The molecule has 2 aromatic heterocycles. The number of hydrogen-bond donors (Lipinski definition) is 1. The molecule has 0 atom stereocenters. The fraction of sp³-hybridized carbons (Fsp3) is 0. The van der Waals surface area contributed by atoms with Crippen LogP contribution in [-0.4, -0.2) is 26.0 Å². The van der Waals surface area contributed by atoms with Gasteiger partial charge in [-0.15, -0.1) is 0 Å². The van der Waals surface area contributed by atoms with Crippen molar-refractivity contribution in [3.05, 3.63) is 53.4 Å². The number of rotatable bonds is 3. The molecular weight excluding hydrogens is 294 g/mol. The van der Waals surface area contributed by atoms with Crippen LogP contribution < -0.4 is 4.74 Å². The van der Waals surface area contributed by atoms with Crippen LogP contribution in [0.15, 0.2) is 42.9 Å². The SMILES string of the molecule is O=C(O)c1cnc(Oc2ccc(Cl)c3cccnc23)nc1. The molecule has 3 rings (SSSR count). The maximum atomic E-state index is 10.7. The Morgan fingerprint density at radius 2 is 1.90 bits per heavy atom. The van der Waals surface area contributed by atoms with Gasteiger partial charge in [-0.3, -0.25) is 4.98 Å². The second-order valence-corrected chi connectivity index (χ2v) is 4.51. The number of nitrogens with zero attached hydrogens (tertiary/aromatic N) is 3. The zero-order chi connectivity index (χ0) is 14.8. The minimum Gasteiger partial charge on any atom is -0.478 e. The highest BCUT2D eigenvalue weighted by Crippen LogP contribution is 2.31. The Morgan fingerprint density at radius 1 is 1.14 bits per heavy atom. The van der Waals surface area contributed by atoms with E-state index in [1.807, 2.05) is 6.07 Å². The average molecular weight is 302 g/mol. The van der Waals surface area contributed by atoms with E-state index >= 15 is 0 Å². The van der Waals surface area contributed by atoms with E-state index in [0.717, 1.165) is 5.39 Å². The van der Waals surface area contributed by atoms with Gasteiger partial charge in [0.05, 0.1) is 10.6 Å². The van der Waals surface area contributed by atoms with Crippen molar-refractivity contribution in [2.75, 3.05) is 0 Å². The molecule has 6 nitrogen and oxygen atoms in total. The van der Waals surface area contributed by atoms with Crippen LogP contribution in [-0.2, 0) is 0 Å². The van der Waals surface area contributed by atoms with E-state index < -0.39 is 5.97 Å². The lowest BCUT2D eigenvalue weighted by molar-refractivity contribution is 0.0696. The summed E-state index contributed by atoms with van der Waals surface area (Å²) < 4.78 is 5.55. The Kier molecular flexibility index (Phi) is 3.37. The molecule has 0 saturated carbocycles. The normalized spacial score (nSPS) is 10.5. The highest BCUT2D eigenvalue weighted by atomic mass is 35.5. The Labute approximate surface area is 124 Å². The Balaban J connectivity index is 1.98. The van der Waals surface area contributed by atoms with Crippen molar-refractivity contribution in [1.29, 1.82) is 0 Å². The second kappa shape index (κ2) is 5.34. The third-order valence-electron chi connectivity index (χ3n) is 2.76. The van der Waals surface area contributed by atoms with Crippen LogP contribution in [0.2, 0.25) is 5.02 Å². The molecule has 7 heteroatoms. The van der Waals surface area contributed by atoms with Gasteiger partial charge in [-0.25, -0.2) is 14.8 Å². The monoisotopic (exact) mass is 301 g/mol. The van der Waals surface area contributed by atoms with Crippen LogP contribution in [0.5, 0.6) is 11.8 Å². The number of ether oxygens (including phenoxy) is 1. The summed E-state index contributed by atoms with van der Waals surface area (Å²) in [6.45, 7) is 0. The van der Waals surface area contributed by atoms with Crippen LogP contribution in [0, 0.1) is 0 Å². The number of carboxylic acid groups (broad SMARTS) is 1. The van der Waals surface area contributed by atoms with Gasteiger partial charge < -0.3 is 9.84 Å². The average Bonchev–Trinajstić information content (AvgIpc) is 2.51. The first-order valence-corrected chi connectivity index (χ1v) is 6.29. The van der Waals surface area contributed by atoms with E-state index in [-0.39, 0.29) is 11.6 Å². The molecule has 1 aromatic carbocycles.